The van der Waals surface area contributed by atoms with Gasteiger partial charge in [-0.1, -0.05) is 18.2 Å². The number of nitrogens with one attached hydrogen (secondary N) is 2. The molecule has 0 radical (unpaired) electrons. The second-order valence-corrected chi connectivity index (χ2v) is 5.69. The van der Waals surface area contributed by atoms with Crippen LogP contribution in [0.4, 0.5) is 0 Å². The lowest BCUT2D eigenvalue weighted by Gasteiger charge is -2.16. The van der Waals surface area contributed by atoms with E-state index in [-0.39, 0.29) is 24.0 Å². The molecule has 2 aromatic rings. The summed E-state index contributed by atoms with van der Waals surface area (Å²) < 4.78 is 1.99. The average molecular weight is 427 g/mol. The molecular weight excluding hydrogens is 401 g/mol. The summed E-state index contributed by atoms with van der Waals surface area (Å²) in [4.78, 5) is 4.24. The first kappa shape index (κ1) is 19.5. The predicted molar refractivity (Wildman–Crippen MR) is 107 cm³/mol. The van der Waals surface area contributed by atoms with Crippen molar-refractivity contribution >= 4 is 29.9 Å². The summed E-state index contributed by atoms with van der Waals surface area (Å²) in [7, 11) is 1.78. The molecule has 0 saturated carbocycles. The molecule has 2 rings (SSSR count). The van der Waals surface area contributed by atoms with E-state index in [9.17, 15) is 0 Å². The Kier molecular flexibility index (Phi) is 7.54. The third-order valence-corrected chi connectivity index (χ3v) is 3.32. The summed E-state index contributed by atoms with van der Waals surface area (Å²) in [6.45, 7) is 8.97. The van der Waals surface area contributed by atoms with E-state index in [1.807, 2.05) is 23.7 Å². The van der Waals surface area contributed by atoms with Crippen molar-refractivity contribution in [2.24, 2.45) is 4.99 Å². The van der Waals surface area contributed by atoms with E-state index in [1.165, 1.54) is 5.56 Å². The molecular formula is C17H26IN5. The third kappa shape index (κ3) is 5.23. The van der Waals surface area contributed by atoms with Gasteiger partial charge in [0.25, 0.3) is 0 Å². The smallest absolute Gasteiger partial charge is 0.191 e. The average Bonchev–Trinajstić information content (AvgIpc) is 2.82. The minimum Gasteiger partial charge on any atom is -0.354 e. The SMILES string of the molecule is CN=C(NCc1ccccc1-n1nc(C)cc1C)NC(C)C.I. The van der Waals surface area contributed by atoms with E-state index < -0.39 is 0 Å². The molecule has 1 aromatic carbocycles. The highest BCUT2D eigenvalue weighted by Crippen LogP contribution is 2.16. The lowest BCUT2D eigenvalue weighted by Crippen LogP contribution is -2.40. The van der Waals surface area contributed by atoms with Crippen LogP contribution in [0.25, 0.3) is 5.69 Å². The van der Waals surface area contributed by atoms with Crippen LogP contribution >= 0.6 is 24.0 Å². The van der Waals surface area contributed by atoms with Crippen molar-refractivity contribution in [3.8, 4) is 5.69 Å². The standard InChI is InChI=1S/C17H25N5.HI/c1-12(2)20-17(18-5)19-11-15-8-6-7-9-16(15)22-14(4)10-13(3)21-22;/h6-10,12H,11H2,1-5H3,(H2,18,19,20);1H. The summed E-state index contributed by atoms with van der Waals surface area (Å²) in [5.41, 5.74) is 4.44. The van der Waals surface area contributed by atoms with Crippen molar-refractivity contribution in [1.82, 2.24) is 20.4 Å². The van der Waals surface area contributed by atoms with Crippen molar-refractivity contribution in [2.75, 3.05) is 7.05 Å². The Morgan fingerprint density at radius 1 is 1.26 bits per heavy atom. The van der Waals surface area contributed by atoms with Crippen LogP contribution in [0.3, 0.4) is 0 Å². The van der Waals surface area contributed by atoms with Gasteiger partial charge >= 0.3 is 0 Å². The van der Waals surface area contributed by atoms with Crippen LogP contribution in [0.1, 0.15) is 30.8 Å². The van der Waals surface area contributed by atoms with Gasteiger partial charge in [-0.05, 0) is 45.4 Å². The minimum absolute atomic E-state index is 0. The van der Waals surface area contributed by atoms with Gasteiger partial charge in [0.15, 0.2) is 5.96 Å². The van der Waals surface area contributed by atoms with Gasteiger partial charge in [0.2, 0.25) is 0 Å². The van der Waals surface area contributed by atoms with Crippen LogP contribution in [0.15, 0.2) is 35.3 Å². The summed E-state index contributed by atoms with van der Waals surface area (Å²) in [6.07, 6.45) is 0. The normalized spacial score (nSPS) is 11.3. The minimum atomic E-state index is 0. The number of aliphatic imine (C=N–C) groups is 1. The van der Waals surface area contributed by atoms with E-state index in [4.69, 9.17) is 0 Å². The first-order chi connectivity index (χ1) is 10.5. The molecule has 1 aromatic heterocycles. The fourth-order valence-electron chi connectivity index (χ4n) is 2.39. The Hall–Kier alpha value is -1.57. The molecule has 0 unspecified atom stereocenters. The Morgan fingerprint density at radius 3 is 2.52 bits per heavy atom. The lowest BCUT2D eigenvalue weighted by atomic mass is 10.1. The monoisotopic (exact) mass is 427 g/mol. The highest BCUT2D eigenvalue weighted by atomic mass is 127. The molecule has 0 aliphatic rings. The fourth-order valence-corrected chi connectivity index (χ4v) is 2.39. The van der Waals surface area contributed by atoms with Crippen LogP contribution in [-0.2, 0) is 6.54 Å². The summed E-state index contributed by atoms with van der Waals surface area (Å²) in [5, 5.41) is 11.2. The zero-order valence-corrected chi connectivity index (χ0v) is 16.8. The second kappa shape index (κ2) is 8.90. The largest absolute Gasteiger partial charge is 0.354 e. The number of guanidine groups is 1. The molecule has 0 aliphatic carbocycles. The molecule has 1 heterocycles. The molecule has 0 fully saturated rings. The molecule has 0 atom stereocenters. The van der Waals surface area contributed by atoms with Crippen LogP contribution < -0.4 is 10.6 Å². The van der Waals surface area contributed by atoms with Gasteiger partial charge in [-0.15, -0.1) is 24.0 Å². The van der Waals surface area contributed by atoms with Gasteiger partial charge in [-0.2, -0.15) is 5.10 Å². The molecule has 0 spiro atoms. The maximum absolute atomic E-state index is 4.58. The number of halogens is 1. The first-order valence-electron chi connectivity index (χ1n) is 7.60. The molecule has 0 saturated heterocycles. The van der Waals surface area contributed by atoms with Crippen LogP contribution in [-0.4, -0.2) is 28.8 Å². The summed E-state index contributed by atoms with van der Waals surface area (Å²) in [5.74, 6) is 0.804. The predicted octanol–water partition coefficient (Wildman–Crippen LogP) is 3.18. The Labute approximate surface area is 155 Å². The number of benzene rings is 1. The molecule has 0 bridgehead atoms. The highest BCUT2D eigenvalue weighted by Gasteiger charge is 2.09. The number of hydrogen-bond donors (Lipinski definition) is 2. The number of hydrogen-bond acceptors (Lipinski definition) is 2. The van der Waals surface area contributed by atoms with Crippen molar-refractivity contribution in [1.29, 1.82) is 0 Å². The highest BCUT2D eigenvalue weighted by molar-refractivity contribution is 14.0. The third-order valence-electron chi connectivity index (χ3n) is 3.32. The quantitative estimate of drug-likeness (QED) is 0.448. The van der Waals surface area contributed by atoms with E-state index >= 15 is 0 Å². The molecule has 5 nitrogen and oxygen atoms in total. The number of nitrogens with zero attached hydrogens (tertiary/aromatic N) is 3. The fraction of sp³-hybridized carbons (Fsp3) is 0.412. The zero-order chi connectivity index (χ0) is 16.1. The van der Waals surface area contributed by atoms with Crippen molar-refractivity contribution < 1.29 is 0 Å². The molecule has 23 heavy (non-hydrogen) atoms. The zero-order valence-electron chi connectivity index (χ0n) is 14.4. The Bertz CT molecular complexity index is 661. The van der Waals surface area contributed by atoms with E-state index in [0.29, 0.717) is 12.6 Å². The summed E-state index contributed by atoms with van der Waals surface area (Å²) in [6, 6.07) is 10.7. The van der Waals surface area contributed by atoms with Crippen LogP contribution in [0.5, 0.6) is 0 Å². The maximum atomic E-state index is 4.58. The van der Waals surface area contributed by atoms with Gasteiger partial charge in [0.05, 0.1) is 11.4 Å². The van der Waals surface area contributed by atoms with Gasteiger partial charge in [0.1, 0.15) is 0 Å². The van der Waals surface area contributed by atoms with E-state index in [2.05, 4.69) is 59.7 Å². The van der Waals surface area contributed by atoms with Crippen molar-refractivity contribution in [3.05, 3.63) is 47.3 Å². The molecule has 6 heteroatoms. The van der Waals surface area contributed by atoms with E-state index in [0.717, 1.165) is 23.0 Å². The molecule has 2 N–H and O–H groups in total. The lowest BCUT2D eigenvalue weighted by molar-refractivity contribution is 0.697. The Morgan fingerprint density at radius 2 is 1.96 bits per heavy atom. The van der Waals surface area contributed by atoms with Gasteiger partial charge < -0.3 is 10.6 Å². The van der Waals surface area contributed by atoms with Gasteiger partial charge in [-0.3, -0.25) is 4.99 Å². The van der Waals surface area contributed by atoms with Crippen LogP contribution in [0.2, 0.25) is 0 Å². The number of para-hydroxylation sites is 1. The number of aromatic nitrogens is 2. The van der Waals surface area contributed by atoms with E-state index in [1.54, 1.807) is 7.05 Å². The van der Waals surface area contributed by atoms with Gasteiger partial charge in [-0.25, -0.2) is 4.68 Å². The molecule has 0 amide bonds. The molecule has 126 valence electrons. The van der Waals surface area contributed by atoms with Gasteiger partial charge in [0, 0.05) is 25.3 Å². The number of rotatable bonds is 4. The van der Waals surface area contributed by atoms with Crippen molar-refractivity contribution in [3.63, 3.8) is 0 Å². The summed E-state index contributed by atoms with van der Waals surface area (Å²) >= 11 is 0. The molecule has 0 aliphatic heterocycles. The maximum Gasteiger partial charge on any atom is 0.191 e. The first-order valence-corrected chi connectivity index (χ1v) is 7.60. The van der Waals surface area contributed by atoms with Crippen molar-refractivity contribution in [2.45, 2.75) is 40.3 Å². The topological polar surface area (TPSA) is 54.2 Å². The number of aryl methyl sites for hydroxylation is 2. The second-order valence-electron chi connectivity index (χ2n) is 5.69. The Balaban J connectivity index is 0.00000264. The van der Waals surface area contributed by atoms with Crippen LogP contribution in [0, 0.1) is 13.8 Å².